The fraction of sp³-hybridized carbons (Fsp3) is 0.0588. The molecule has 0 saturated heterocycles. The van der Waals surface area contributed by atoms with Gasteiger partial charge in [0.1, 0.15) is 11.1 Å². The van der Waals surface area contributed by atoms with Crippen LogP contribution in [0.4, 0.5) is 0 Å². The second-order valence-corrected chi connectivity index (χ2v) is 5.98. The van der Waals surface area contributed by atoms with Gasteiger partial charge in [-0.15, -0.1) is 11.6 Å². The van der Waals surface area contributed by atoms with Crippen molar-refractivity contribution in [2.45, 2.75) is 5.88 Å². The number of carbonyl (C=O) groups is 1. The maximum atomic E-state index is 12.3. The van der Waals surface area contributed by atoms with Gasteiger partial charge in [-0.1, -0.05) is 35.3 Å². The molecule has 1 aromatic heterocycles. The Kier molecular flexibility index (Phi) is 4.81. The van der Waals surface area contributed by atoms with E-state index in [1.165, 1.54) is 18.2 Å². The van der Waals surface area contributed by atoms with Crippen LogP contribution >= 0.6 is 34.8 Å². The predicted molar refractivity (Wildman–Crippen MR) is 93.5 cm³/mol. The van der Waals surface area contributed by atoms with Gasteiger partial charge in [-0.3, -0.25) is 0 Å². The van der Waals surface area contributed by atoms with E-state index in [2.05, 4.69) is 0 Å². The Labute approximate surface area is 151 Å². The lowest BCUT2D eigenvalue weighted by Gasteiger charge is -2.08. The van der Waals surface area contributed by atoms with Crippen LogP contribution in [0.15, 0.2) is 51.7 Å². The van der Waals surface area contributed by atoms with Gasteiger partial charge in [-0.25, -0.2) is 9.59 Å². The minimum absolute atomic E-state index is 0.0140. The number of benzene rings is 2. The van der Waals surface area contributed by atoms with Crippen molar-refractivity contribution < 1.29 is 13.9 Å². The number of para-hydroxylation sites is 1. The Morgan fingerprint density at radius 3 is 2.46 bits per heavy atom. The predicted octanol–water partition coefficient (Wildman–Crippen LogP) is 5.06. The monoisotopic (exact) mass is 382 g/mol. The van der Waals surface area contributed by atoms with E-state index < -0.39 is 11.6 Å². The van der Waals surface area contributed by atoms with Crippen molar-refractivity contribution in [3.05, 3.63) is 74.1 Å². The van der Waals surface area contributed by atoms with E-state index in [1.54, 1.807) is 24.3 Å². The van der Waals surface area contributed by atoms with Gasteiger partial charge in [0.2, 0.25) is 0 Å². The van der Waals surface area contributed by atoms with Crippen molar-refractivity contribution in [3.63, 3.8) is 0 Å². The van der Waals surface area contributed by atoms with Gasteiger partial charge < -0.3 is 9.15 Å². The zero-order valence-electron chi connectivity index (χ0n) is 12.0. The molecule has 0 saturated carbocycles. The van der Waals surface area contributed by atoms with Gasteiger partial charge in [-0.05, 0) is 35.9 Å². The molecule has 0 spiro atoms. The van der Waals surface area contributed by atoms with Crippen LogP contribution in [0.25, 0.3) is 11.0 Å². The van der Waals surface area contributed by atoms with Gasteiger partial charge >= 0.3 is 11.6 Å². The van der Waals surface area contributed by atoms with Crippen LogP contribution in [0, 0.1) is 0 Å². The molecular formula is C17H9Cl3O4. The Morgan fingerprint density at radius 2 is 1.79 bits per heavy atom. The molecule has 0 N–H and O–H groups in total. The average molecular weight is 384 g/mol. The molecule has 0 aliphatic heterocycles. The third-order valence-electron chi connectivity index (χ3n) is 3.28. The van der Waals surface area contributed by atoms with Gasteiger partial charge in [-0.2, -0.15) is 0 Å². The molecule has 122 valence electrons. The highest BCUT2D eigenvalue weighted by Gasteiger charge is 2.19. The summed E-state index contributed by atoms with van der Waals surface area (Å²) in [6.45, 7) is 0. The van der Waals surface area contributed by atoms with Gasteiger partial charge in [0.05, 0.1) is 10.0 Å². The number of halogens is 3. The number of hydrogen-bond donors (Lipinski definition) is 0. The summed E-state index contributed by atoms with van der Waals surface area (Å²) in [6.07, 6.45) is 0. The lowest BCUT2D eigenvalue weighted by molar-refractivity contribution is 0.0730. The first-order valence-corrected chi connectivity index (χ1v) is 8.07. The van der Waals surface area contributed by atoms with E-state index >= 15 is 0 Å². The molecule has 0 fully saturated rings. The van der Waals surface area contributed by atoms with Crippen molar-refractivity contribution in [3.8, 4) is 5.75 Å². The molecule has 3 rings (SSSR count). The zero-order chi connectivity index (χ0) is 17.3. The highest BCUT2D eigenvalue weighted by molar-refractivity contribution is 6.37. The molecule has 0 bridgehead atoms. The highest BCUT2D eigenvalue weighted by Crippen LogP contribution is 2.32. The second kappa shape index (κ2) is 6.85. The Bertz CT molecular complexity index is 975. The number of esters is 1. The maximum absolute atomic E-state index is 12.3. The number of carbonyl (C=O) groups excluding carboxylic acids is 1. The fourth-order valence-electron chi connectivity index (χ4n) is 2.13. The van der Waals surface area contributed by atoms with Crippen molar-refractivity contribution >= 4 is 51.7 Å². The molecule has 0 atom stereocenters. The summed E-state index contributed by atoms with van der Waals surface area (Å²) < 4.78 is 10.3. The van der Waals surface area contributed by atoms with Crippen molar-refractivity contribution in [1.82, 2.24) is 0 Å². The molecule has 2 aromatic carbocycles. The van der Waals surface area contributed by atoms with E-state index in [4.69, 9.17) is 44.0 Å². The van der Waals surface area contributed by atoms with Crippen LogP contribution in [0.1, 0.15) is 15.9 Å². The molecule has 0 amide bonds. The molecule has 0 aliphatic rings. The molecule has 4 nitrogen and oxygen atoms in total. The normalized spacial score (nSPS) is 10.8. The number of ether oxygens (including phenoxy) is 1. The smallest absolute Gasteiger partial charge is 0.351 e. The van der Waals surface area contributed by atoms with Crippen molar-refractivity contribution in [2.75, 3.05) is 0 Å². The molecular weight excluding hydrogens is 375 g/mol. The summed E-state index contributed by atoms with van der Waals surface area (Å²) in [5.41, 5.74) is 0.104. The second-order valence-electron chi connectivity index (χ2n) is 4.89. The minimum atomic E-state index is -0.906. The molecule has 0 radical (unpaired) electrons. The summed E-state index contributed by atoms with van der Waals surface area (Å²) in [4.78, 5) is 24.3. The first kappa shape index (κ1) is 16.8. The van der Waals surface area contributed by atoms with E-state index in [0.29, 0.717) is 16.8 Å². The van der Waals surface area contributed by atoms with Crippen LogP contribution in [-0.4, -0.2) is 5.97 Å². The number of fused-ring (bicyclic) bond motifs is 1. The van der Waals surface area contributed by atoms with E-state index in [-0.39, 0.29) is 21.4 Å². The first-order valence-electron chi connectivity index (χ1n) is 6.78. The van der Waals surface area contributed by atoms with Crippen LogP contribution in [-0.2, 0) is 5.88 Å². The van der Waals surface area contributed by atoms with E-state index in [0.717, 1.165) is 5.56 Å². The number of hydrogen-bond acceptors (Lipinski definition) is 4. The van der Waals surface area contributed by atoms with Gasteiger partial charge in [0.15, 0.2) is 5.75 Å². The Balaban J connectivity index is 2.03. The zero-order valence-corrected chi connectivity index (χ0v) is 14.3. The Morgan fingerprint density at radius 1 is 1.08 bits per heavy atom. The average Bonchev–Trinajstić information content (AvgIpc) is 2.57. The van der Waals surface area contributed by atoms with Crippen LogP contribution in [0.3, 0.4) is 0 Å². The molecule has 1 heterocycles. The number of alkyl halides is 1. The van der Waals surface area contributed by atoms with E-state index in [9.17, 15) is 9.59 Å². The molecule has 0 aliphatic carbocycles. The van der Waals surface area contributed by atoms with Crippen molar-refractivity contribution in [1.29, 1.82) is 0 Å². The van der Waals surface area contributed by atoms with Crippen molar-refractivity contribution in [2.24, 2.45) is 0 Å². The number of rotatable bonds is 3. The summed E-state index contributed by atoms with van der Waals surface area (Å²) in [6, 6.07) is 11.1. The topological polar surface area (TPSA) is 56.5 Å². The lowest BCUT2D eigenvalue weighted by atomic mass is 10.1. The largest absolute Gasteiger partial charge is 0.422 e. The highest BCUT2D eigenvalue weighted by atomic mass is 35.5. The molecule has 0 unspecified atom stereocenters. The molecule has 7 heteroatoms. The van der Waals surface area contributed by atoms with E-state index in [1.807, 2.05) is 0 Å². The summed E-state index contributed by atoms with van der Waals surface area (Å²) in [5, 5.41) is 0.876. The lowest BCUT2D eigenvalue weighted by Crippen LogP contribution is -2.19. The minimum Gasteiger partial charge on any atom is -0.422 e. The quantitative estimate of drug-likeness (QED) is 0.275. The van der Waals surface area contributed by atoms with Gasteiger partial charge in [0.25, 0.3) is 0 Å². The standard InChI is InChI=1S/C17H9Cl3O4/c18-8-9-4-5-14-10(6-9)7-11(16(21)23-14)17(22)24-15-12(19)2-1-3-13(15)20/h1-7H,8H2. The fourth-order valence-corrected chi connectivity index (χ4v) is 2.77. The SMILES string of the molecule is O=C(Oc1c(Cl)cccc1Cl)c1cc2cc(CCl)ccc2oc1=O. The van der Waals surface area contributed by atoms with Crippen LogP contribution in [0.5, 0.6) is 5.75 Å². The molecule has 3 aromatic rings. The van der Waals surface area contributed by atoms with Crippen LogP contribution in [0.2, 0.25) is 10.0 Å². The summed E-state index contributed by atoms with van der Waals surface area (Å²) in [5.74, 6) is -0.624. The maximum Gasteiger partial charge on any atom is 0.351 e. The third kappa shape index (κ3) is 3.26. The van der Waals surface area contributed by atoms with Gasteiger partial charge in [0, 0.05) is 11.3 Å². The molecule has 24 heavy (non-hydrogen) atoms. The third-order valence-corrected chi connectivity index (χ3v) is 4.19. The summed E-state index contributed by atoms with van der Waals surface area (Å²) in [7, 11) is 0. The van der Waals surface area contributed by atoms with Crippen LogP contribution < -0.4 is 10.4 Å². The Hall–Kier alpha value is -2.01. The first-order chi connectivity index (χ1) is 11.5. The summed E-state index contributed by atoms with van der Waals surface area (Å²) >= 11 is 17.7.